The average Bonchev–Trinajstić information content (AvgIpc) is 3.71. The number of nitrogens with zero attached hydrogens (tertiary/aromatic N) is 3. The number of hydrogen-bond donors (Lipinski definition) is 0. The molecule has 1 heterocycles. The lowest BCUT2D eigenvalue weighted by Crippen LogP contribution is -2.15. The van der Waals surface area contributed by atoms with Gasteiger partial charge in [0.1, 0.15) is 11.3 Å². The lowest BCUT2D eigenvalue weighted by molar-refractivity contribution is 0.621. The van der Waals surface area contributed by atoms with Crippen LogP contribution in [0.4, 0.5) is 51.4 Å². The molecule has 0 N–H and O–H groups in total. The second-order valence-electron chi connectivity index (χ2n) is 15.3. The minimum Gasteiger partial charge on any atom is -0.437 e. The molecule has 0 fully saturated rings. The van der Waals surface area contributed by atoms with Crippen LogP contribution in [0.15, 0.2) is 253 Å². The number of benzene rings is 10. The maximum Gasteiger partial charge on any atom is 0.230 e. The molecule has 0 aliphatic carbocycles. The van der Waals surface area contributed by atoms with Gasteiger partial charge in [0.2, 0.25) is 5.88 Å². The highest BCUT2D eigenvalue weighted by Crippen LogP contribution is 2.53. The van der Waals surface area contributed by atoms with Crippen LogP contribution >= 0.6 is 0 Å². The molecule has 0 aliphatic rings. The van der Waals surface area contributed by atoms with Crippen molar-refractivity contribution in [1.82, 2.24) is 0 Å². The highest BCUT2D eigenvalue weighted by atomic mass is 16.4. The molecule has 0 radical (unpaired) electrons. The molecule has 294 valence electrons. The Bertz CT molecular complexity index is 3110. The fraction of sp³-hybridized carbons (Fsp3) is 0. The van der Waals surface area contributed by atoms with E-state index in [0.29, 0.717) is 5.88 Å². The maximum absolute atomic E-state index is 7.33. The molecule has 11 aromatic rings. The van der Waals surface area contributed by atoms with Gasteiger partial charge in [0, 0.05) is 50.3 Å². The molecule has 0 atom stereocenters. The maximum atomic E-state index is 7.33. The normalized spacial score (nSPS) is 11.2. The lowest BCUT2D eigenvalue weighted by Gasteiger charge is -2.29. The van der Waals surface area contributed by atoms with Gasteiger partial charge in [-0.15, -0.1) is 0 Å². The van der Waals surface area contributed by atoms with Crippen LogP contribution in [0.1, 0.15) is 0 Å². The smallest absolute Gasteiger partial charge is 0.230 e. The summed E-state index contributed by atoms with van der Waals surface area (Å²) in [4.78, 5) is 6.95. The molecule has 0 unspecified atom stereocenters. The van der Waals surface area contributed by atoms with E-state index in [9.17, 15) is 0 Å². The fourth-order valence-electron chi connectivity index (χ4n) is 8.91. The van der Waals surface area contributed by atoms with E-state index in [4.69, 9.17) is 4.42 Å². The summed E-state index contributed by atoms with van der Waals surface area (Å²) in [6, 6.07) is 87.8. The Balaban J connectivity index is 1.20. The van der Waals surface area contributed by atoms with Crippen molar-refractivity contribution in [1.29, 1.82) is 0 Å². The molecule has 0 saturated heterocycles. The Hall–Kier alpha value is -8.34. The monoisotopic (exact) mass is 795 g/mol. The van der Waals surface area contributed by atoms with E-state index in [1.54, 1.807) is 0 Å². The molecule has 10 aromatic carbocycles. The zero-order valence-corrected chi connectivity index (χ0v) is 33.9. The molecule has 0 amide bonds. The second-order valence-corrected chi connectivity index (χ2v) is 15.3. The van der Waals surface area contributed by atoms with E-state index < -0.39 is 0 Å². The van der Waals surface area contributed by atoms with Crippen molar-refractivity contribution >= 4 is 83.9 Å². The molecule has 0 aliphatic heterocycles. The first-order chi connectivity index (χ1) is 30.8. The Labute approximate surface area is 361 Å². The SMILES string of the molecule is c1ccc(N(c2ccccc2)c2oc3cc(-c4c5ccccc5c(N(c5ccccc5)c5ccccc5)c5ccccc45)ccc3c2N(c2ccccc2)c2ccccc2)cc1. The van der Waals surface area contributed by atoms with Crippen molar-refractivity contribution in [2.75, 3.05) is 14.7 Å². The quantitative estimate of drug-likeness (QED) is 0.129. The van der Waals surface area contributed by atoms with Gasteiger partial charge in [-0.1, -0.05) is 164 Å². The summed E-state index contributed by atoms with van der Waals surface area (Å²) in [5.41, 5.74) is 11.4. The third-order valence-electron chi connectivity index (χ3n) is 11.6. The first kappa shape index (κ1) is 36.7. The van der Waals surface area contributed by atoms with E-state index in [2.05, 4.69) is 263 Å². The number of furan rings is 1. The Kier molecular flexibility index (Phi) is 9.49. The minimum absolute atomic E-state index is 0.716. The van der Waals surface area contributed by atoms with Crippen LogP contribution in [-0.4, -0.2) is 0 Å². The Morgan fingerprint density at radius 3 is 0.968 bits per heavy atom. The van der Waals surface area contributed by atoms with Crippen molar-refractivity contribution in [3.8, 4) is 11.1 Å². The summed E-state index contributed by atoms with van der Waals surface area (Å²) in [6.07, 6.45) is 0. The standard InChI is InChI=1S/C58H41N3O/c1-7-23-43(24-8-1)59(44-25-9-2-10-26-44)56-51-37-21-19-35-49(51)55(50-36-20-22-38-52(50)56)42-39-40-53-54(41-42)62-58(61(47-31-15-5-16-32-47)48-33-17-6-18-34-48)57(53)60(45-27-11-3-12-28-45)46-29-13-4-14-30-46/h1-41H. The minimum atomic E-state index is 0.716. The summed E-state index contributed by atoms with van der Waals surface area (Å²) in [5, 5.41) is 5.64. The van der Waals surface area contributed by atoms with Gasteiger partial charge in [0.05, 0.1) is 5.69 Å². The van der Waals surface area contributed by atoms with Crippen LogP contribution in [0.2, 0.25) is 0 Å². The largest absolute Gasteiger partial charge is 0.437 e. The van der Waals surface area contributed by atoms with Crippen LogP contribution < -0.4 is 14.7 Å². The highest BCUT2D eigenvalue weighted by Gasteiger charge is 2.30. The number of hydrogen-bond acceptors (Lipinski definition) is 4. The van der Waals surface area contributed by atoms with E-state index in [-0.39, 0.29) is 0 Å². The second kappa shape index (κ2) is 16.0. The first-order valence-corrected chi connectivity index (χ1v) is 21.0. The first-order valence-electron chi connectivity index (χ1n) is 21.0. The number of fused-ring (bicyclic) bond motifs is 3. The molecule has 0 bridgehead atoms. The van der Waals surface area contributed by atoms with Crippen molar-refractivity contribution < 1.29 is 4.42 Å². The van der Waals surface area contributed by atoms with E-state index >= 15 is 0 Å². The molecule has 4 heteroatoms. The summed E-state index contributed by atoms with van der Waals surface area (Å²) < 4.78 is 7.33. The molecule has 62 heavy (non-hydrogen) atoms. The van der Waals surface area contributed by atoms with Gasteiger partial charge >= 0.3 is 0 Å². The van der Waals surface area contributed by atoms with Gasteiger partial charge in [0.15, 0.2) is 0 Å². The van der Waals surface area contributed by atoms with Crippen molar-refractivity contribution in [3.63, 3.8) is 0 Å². The van der Waals surface area contributed by atoms with Crippen LogP contribution in [0.25, 0.3) is 43.6 Å². The van der Waals surface area contributed by atoms with Crippen LogP contribution in [0.5, 0.6) is 0 Å². The van der Waals surface area contributed by atoms with E-state index in [1.807, 2.05) is 0 Å². The van der Waals surface area contributed by atoms with Gasteiger partial charge in [-0.05, 0) is 107 Å². The van der Waals surface area contributed by atoms with Crippen molar-refractivity contribution in [2.45, 2.75) is 0 Å². The van der Waals surface area contributed by atoms with Gasteiger partial charge in [-0.25, -0.2) is 0 Å². The molecule has 0 saturated carbocycles. The molecule has 4 nitrogen and oxygen atoms in total. The third-order valence-corrected chi connectivity index (χ3v) is 11.6. The van der Waals surface area contributed by atoms with Gasteiger partial charge in [-0.2, -0.15) is 0 Å². The van der Waals surface area contributed by atoms with Gasteiger partial charge in [-0.3, -0.25) is 4.90 Å². The van der Waals surface area contributed by atoms with Crippen LogP contribution in [0.3, 0.4) is 0 Å². The van der Waals surface area contributed by atoms with Gasteiger partial charge < -0.3 is 14.2 Å². The summed E-state index contributed by atoms with van der Waals surface area (Å²) >= 11 is 0. The average molecular weight is 796 g/mol. The lowest BCUT2D eigenvalue weighted by atomic mass is 9.89. The Morgan fingerprint density at radius 1 is 0.258 bits per heavy atom. The molecule has 0 spiro atoms. The predicted octanol–water partition coefficient (Wildman–Crippen LogP) is 16.8. The zero-order chi connectivity index (χ0) is 41.2. The highest BCUT2D eigenvalue weighted by molar-refractivity contribution is 6.23. The van der Waals surface area contributed by atoms with Crippen LogP contribution in [-0.2, 0) is 0 Å². The third kappa shape index (κ3) is 6.51. The van der Waals surface area contributed by atoms with Gasteiger partial charge in [0.25, 0.3) is 0 Å². The number of rotatable bonds is 10. The van der Waals surface area contributed by atoms with E-state index in [0.717, 1.165) is 89.1 Å². The van der Waals surface area contributed by atoms with Crippen molar-refractivity contribution in [2.24, 2.45) is 0 Å². The summed E-state index contributed by atoms with van der Waals surface area (Å²) in [6.45, 7) is 0. The summed E-state index contributed by atoms with van der Waals surface area (Å²) in [7, 11) is 0. The molecular formula is C58H41N3O. The number of para-hydroxylation sites is 6. The van der Waals surface area contributed by atoms with Crippen LogP contribution in [0, 0.1) is 0 Å². The summed E-state index contributed by atoms with van der Waals surface area (Å²) in [5.74, 6) is 0.716. The predicted molar refractivity (Wildman–Crippen MR) is 261 cm³/mol. The Morgan fingerprint density at radius 2 is 0.581 bits per heavy atom. The topological polar surface area (TPSA) is 22.9 Å². The van der Waals surface area contributed by atoms with Crippen molar-refractivity contribution in [3.05, 3.63) is 249 Å². The molecule has 1 aromatic heterocycles. The molecular weight excluding hydrogens is 755 g/mol. The fourth-order valence-corrected chi connectivity index (χ4v) is 8.91. The van der Waals surface area contributed by atoms with E-state index in [1.165, 1.54) is 0 Å². The molecule has 11 rings (SSSR count). The zero-order valence-electron chi connectivity index (χ0n) is 33.9. The number of anilines is 9.